The summed E-state index contributed by atoms with van der Waals surface area (Å²) < 4.78 is 0. The Morgan fingerprint density at radius 2 is 1.62 bits per heavy atom. The zero-order valence-electron chi connectivity index (χ0n) is 17.1. The lowest BCUT2D eigenvalue weighted by molar-refractivity contribution is -0.116. The van der Waals surface area contributed by atoms with Gasteiger partial charge in [-0.05, 0) is 41.3 Å². The molecule has 0 unspecified atom stereocenters. The SMILES string of the molecule is CC(=O)Nc1ccc(NC(=O)CCNC(=O)c2ccc(C(C)(C)C)cc2)c(Cl)c1. The molecule has 2 aromatic rings. The van der Waals surface area contributed by atoms with Gasteiger partial charge in [-0.25, -0.2) is 0 Å². The van der Waals surface area contributed by atoms with Crippen molar-refractivity contribution >= 4 is 40.7 Å². The number of anilines is 2. The van der Waals surface area contributed by atoms with Crippen LogP contribution < -0.4 is 16.0 Å². The molecular formula is C22H26ClN3O3. The topological polar surface area (TPSA) is 87.3 Å². The average molecular weight is 416 g/mol. The normalized spacial score (nSPS) is 10.9. The Morgan fingerprint density at radius 1 is 0.966 bits per heavy atom. The molecule has 6 nitrogen and oxygen atoms in total. The summed E-state index contributed by atoms with van der Waals surface area (Å²) in [6.07, 6.45) is 0.107. The van der Waals surface area contributed by atoms with E-state index in [-0.39, 0.29) is 36.1 Å². The van der Waals surface area contributed by atoms with E-state index < -0.39 is 0 Å². The summed E-state index contributed by atoms with van der Waals surface area (Å²) >= 11 is 6.13. The fourth-order valence-electron chi connectivity index (χ4n) is 2.62. The molecule has 7 heteroatoms. The number of amides is 3. The van der Waals surface area contributed by atoms with Gasteiger partial charge < -0.3 is 16.0 Å². The maximum absolute atomic E-state index is 12.2. The van der Waals surface area contributed by atoms with E-state index >= 15 is 0 Å². The summed E-state index contributed by atoms with van der Waals surface area (Å²) in [6.45, 7) is 7.94. The van der Waals surface area contributed by atoms with Gasteiger partial charge in [-0.2, -0.15) is 0 Å². The maximum atomic E-state index is 12.2. The van der Waals surface area contributed by atoms with Gasteiger partial charge in [0.1, 0.15) is 0 Å². The minimum Gasteiger partial charge on any atom is -0.352 e. The summed E-state index contributed by atoms with van der Waals surface area (Å²) in [4.78, 5) is 35.4. The number of carbonyl (C=O) groups is 3. The first kappa shape index (κ1) is 22.4. The molecule has 0 saturated heterocycles. The molecule has 0 aliphatic heterocycles. The molecule has 29 heavy (non-hydrogen) atoms. The van der Waals surface area contributed by atoms with Crippen LogP contribution in [0.1, 0.15) is 50.0 Å². The Morgan fingerprint density at radius 3 is 2.17 bits per heavy atom. The number of halogens is 1. The maximum Gasteiger partial charge on any atom is 0.251 e. The standard InChI is InChI=1S/C22H26ClN3O3/c1-14(27)25-17-9-10-19(18(23)13-17)26-20(28)11-12-24-21(29)15-5-7-16(8-6-15)22(2,3)4/h5-10,13H,11-12H2,1-4H3,(H,24,29)(H,25,27)(H,26,28). The molecule has 0 saturated carbocycles. The molecule has 2 rings (SSSR count). The molecule has 0 fully saturated rings. The molecule has 0 aliphatic carbocycles. The van der Waals surface area contributed by atoms with Crippen LogP contribution in [0, 0.1) is 0 Å². The minimum atomic E-state index is -0.275. The number of carbonyl (C=O) groups excluding carboxylic acids is 3. The van der Waals surface area contributed by atoms with Gasteiger partial charge in [-0.15, -0.1) is 0 Å². The summed E-state index contributed by atoms with van der Waals surface area (Å²) in [6, 6.07) is 12.3. The van der Waals surface area contributed by atoms with Gasteiger partial charge in [0.05, 0.1) is 10.7 Å². The Kier molecular flexibility index (Phi) is 7.40. The van der Waals surface area contributed by atoms with Crippen molar-refractivity contribution in [1.82, 2.24) is 5.32 Å². The number of hydrogen-bond donors (Lipinski definition) is 3. The predicted molar refractivity (Wildman–Crippen MR) is 116 cm³/mol. The number of benzene rings is 2. The van der Waals surface area contributed by atoms with Crippen LogP contribution in [0.3, 0.4) is 0 Å². The molecule has 0 aromatic heterocycles. The van der Waals surface area contributed by atoms with Gasteiger partial charge in [0.2, 0.25) is 11.8 Å². The highest BCUT2D eigenvalue weighted by molar-refractivity contribution is 6.34. The quantitative estimate of drug-likeness (QED) is 0.655. The molecule has 0 heterocycles. The zero-order chi connectivity index (χ0) is 21.6. The molecule has 2 aromatic carbocycles. The molecule has 0 aliphatic rings. The highest BCUT2D eigenvalue weighted by atomic mass is 35.5. The van der Waals surface area contributed by atoms with E-state index in [4.69, 9.17) is 11.6 Å². The molecule has 154 valence electrons. The van der Waals surface area contributed by atoms with Gasteiger partial charge in [-0.3, -0.25) is 14.4 Å². The Balaban J connectivity index is 1.83. The van der Waals surface area contributed by atoms with E-state index in [1.54, 1.807) is 30.3 Å². The van der Waals surface area contributed by atoms with Crippen molar-refractivity contribution in [1.29, 1.82) is 0 Å². The second-order valence-electron chi connectivity index (χ2n) is 7.76. The second-order valence-corrected chi connectivity index (χ2v) is 8.16. The van der Waals surface area contributed by atoms with Gasteiger partial charge in [0.25, 0.3) is 5.91 Å². The molecule has 0 spiro atoms. The van der Waals surface area contributed by atoms with Crippen LogP contribution in [0.5, 0.6) is 0 Å². The van der Waals surface area contributed by atoms with Crippen LogP contribution in [0.4, 0.5) is 11.4 Å². The van der Waals surface area contributed by atoms with Crippen molar-refractivity contribution in [3.63, 3.8) is 0 Å². The lowest BCUT2D eigenvalue weighted by Crippen LogP contribution is -2.27. The predicted octanol–water partition coefficient (Wildman–Crippen LogP) is 4.35. The van der Waals surface area contributed by atoms with Gasteiger partial charge in [0.15, 0.2) is 0 Å². The van der Waals surface area contributed by atoms with Crippen molar-refractivity contribution in [2.24, 2.45) is 0 Å². The molecule has 3 N–H and O–H groups in total. The monoisotopic (exact) mass is 415 g/mol. The molecule has 0 bridgehead atoms. The van der Waals surface area contributed by atoms with Crippen LogP contribution >= 0.6 is 11.6 Å². The van der Waals surface area contributed by atoms with E-state index in [1.807, 2.05) is 12.1 Å². The second kappa shape index (κ2) is 9.56. The van der Waals surface area contributed by atoms with Crippen LogP contribution in [0.15, 0.2) is 42.5 Å². The van der Waals surface area contributed by atoms with Crippen LogP contribution in [-0.4, -0.2) is 24.3 Å². The van der Waals surface area contributed by atoms with Crippen molar-refractivity contribution < 1.29 is 14.4 Å². The Hall–Kier alpha value is -2.86. The zero-order valence-corrected chi connectivity index (χ0v) is 17.8. The van der Waals surface area contributed by atoms with Gasteiger partial charge in [-0.1, -0.05) is 44.5 Å². The summed E-state index contributed by atoms with van der Waals surface area (Å²) in [5.74, 6) is -0.708. The molecule has 3 amide bonds. The largest absolute Gasteiger partial charge is 0.352 e. The van der Waals surface area contributed by atoms with E-state index in [2.05, 4.69) is 36.7 Å². The summed E-state index contributed by atoms with van der Waals surface area (Å²) in [5.41, 5.74) is 2.71. The fourth-order valence-corrected chi connectivity index (χ4v) is 2.85. The van der Waals surface area contributed by atoms with Gasteiger partial charge in [0, 0.05) is 31.1 Å². The molecular weight excluding hydrogens is 390 g/mol. The van der Waals surface area contributed by atoms with Crippen molar-refractivity contribution in [2.45, 2.75) is 39.5 Å². The lowest BCUT2D eigenvalue weighted by Gasteiger charge is -2.19. The van der Waals surface area contributed by atoms with Gasteiger partial charge >= 0.3 is 0 Å². The van der Waals surface area contributed by atoms with E-state index in [0.717, 1.165) is 5.56 Å². The first-order valence-electron chi connectivity index (χ1n) is 9.32. The first-order valence-corrected chi connectivity index (χ1v) is 9.70. The first-order chi connectivity index (χ1) is 13.6. The number of hydrogen-bond acceptors (Lipinski definition) is 3. The van der Waals surface area contributed by atoms with Crippen LogP contribution in [0.2, 0.25) is 5.02 Å². The van der Waals surface area contributed by atoms with Crippen molar-refractivity contribution in [3.8, 4) is 0 Å². The van der Waals surface area contributed by atoms with E-state index in [0.29, 0.717) is 22.0 Å². The third-order valence-electron chi connectivity index (χ3n) is 4.21. The summed E-state index contributed by atoms with van der Waals surface area (Å²) in [5, 5.41) is 8.36. The molecule has 0 radical (unpaired) electrons. The highest BCUT2D eigenvalue weighted by Gasteiger charge is 2.14. The average Bonchev–Trinajstić information content (AvgIpc) is 2.63. The Labute approximate surface area is 176 Å². The minimum absolute atomic E-state index is 0.0225. The van der Waals surface area contributed by atoms with Crippen LogP contribution in [-0.2, 0) is 15.0 Å². The molecule has 0 atom stereocenters. The van der Waals surface area contributed by atoms with Crippen LogP contribution in [0.25, 0.3) is 0 Å². The van der Waals surface area contributed by atoms with Crippen molar-refractivity contribution in [3.05, 3.63) is 58.6 Å². The highest BCUT2D eigenvalue weighted by Crippen LogP contribution is 2.25. The summed E-state index contributed by atoms with van der Waals surface area (Å²) in [7, 11) is 0. The fraction of sp³-hybridized carbons (Fsp3) is 0.318. The number of rotatable bonds is 6. The third-order valence-corrected chi connectivity index (χ3v) is 4.53. The van der Waals surface area contributed by atoms with Crippen molar-refractivity contribution in [2.75, 3.05) is 17.2 Å². The third kappa shape index (κ3) is 6.91. The van der Waals surface area contributed by atoms with E-state index in [9.17, 15) is 14.4 Å². The lowest BCUT2D eigenvalue weighted by atomic mass is 9.87. The smallest absolute Gasteiger partial charge is 0.251 e. The van der Waals surface area contributed by atoms with E-state index in [1.165, 1.54) is 6.92 Å². The Bertz CT molecular complexity index is 903. The number of nitrogens with one attached hydrogen (secondary N) is 3.